The van der Waals surface area contributed by atoms with Gasteiger partial charge in [-0.1, -0.05) is 33.8 Å². The van der Waals surface area contributed by atoms with Crippen LogP contribution >= 0.6 is 0 Å². The molecule has 3 aliphatic rings. The summed E-state index contributed by atoms with van der Waals surface area (Å²) >= 11 is 0. The number of hydrogen-bond acceptors (Lipinski definition) is 30. The summed E-state index contributed by atoms with van der Waals surface area (Å²) in [7, 11) is 0. The Morgan fingerprint density at radius 1 is 0.243 bits per heavy atom. The van der Waals surface area contributed by atoms with E-state index in [-0.39, 0.29) is 275 Å². The minimum absolute atomic E-state index is 0.0363. The Bertz CT molecular complexity index is 3270. The maximum atomic E-state index is 13.6. The van der Waals surface area contributed by atoms with Gasteiger partial charge in [0.05, 0.1) is 136 Å². The first-order valence-electron chi connectivity index (χ1n) is 36.2. The largest absolute Gasteiger partial charge is 0.480 e. The fourth-order valence-electron chi connectivity index (χ4n) is 12.9. The van der Waals surface area contributed by atoms with Gasteiger partial charge >= 0.3 is 53.7 Å². The lowest BCUT2D eigenvalue weighted by Crippen LogP contribution is -2.49. The number of carboxylic acid groups (broad SMARTS) is 9. The van der Waals surface area contributed by atoms with Crippen LogP contribution in [0.15, 0.2) is 36.8 Å². The van der Waals surface area contributed by atoms with Crippen molar-refractivity contribution in [3.63, 3.8) is 0 Å². The van der Waals surface area contributed by atoms with Crippen molar-refractivity contribution in [2.75, 3.05) is 236 Å². The summed E-state index contributed by atoms with van der Waals surface area (Å²) in [5, 5.41) is 121. The van der Waals surface area contributed by atoms with Gasteiger partial charge in [-0.3, -0.25) is 116 Å². The average molecular weight is 1570 g/mol. The third-order valence-electron chi connectivity index (χ3n) is 18.4. The van der Waals surface area contributed by atoms with Gasteiger partial charge in [-0.05, 0) is 16.7 Å². The number of aliphatic carboxylic acids is 9. The van der Waals surface area contributed by atoms with E-state index in [2.05, 4.69) is 46.9 Å². The van der Waals surface area contributed by atoms with Gasteiger partial charge in [0.2, 0.25) is 17.7 Å². The van der Waals surface area contributed by atoms with Crippen molar-refractivity contribution >= 4 is 71.4 Å². The molecular weight excluding hydrogens is 1460 g/mol. The standard InChI is InChI=1S/C66H102N24O21/c91-55(37-76-1-7-79(40-58(94)95)13-19-85(46-64(106)107)20-14-80(8-2-76)41-59(96)97)67-28-52-34-88(73-70-52)31-49-25-50(32-89-35-53(71-74-89)29-68-56(92)38-77-3-9-81(42-60(98)99)15-21-86(47-65(108)109)22-16-82(10-4-77)43-61(100)101)27-51(26-49)33-90-36-54(72-75-90)30-69-57(93)39-78-5-11-83(44-62(102)103)17-23-87(48-66(110)111)24-18-84(12-6-78)45-63(104)105/h25-27,34-36H,1-24,28-33,37-48H2,(H,67,91)(H,68,92)(H,69,93)(H,94,95)(H,96,97)(H,98,99)(H,100,101)(H,102,103)(H,104,105)(H,106,107)(H,108,109)(H,110,111). The van der Waals surface area contributed by atoms with Crippen LogP contribution in [0.2, 0.25) is 0 Å². The van der Waals surface area contributed by atoms with Crippen molar-refractivity contribution in [2.24, 2.45) is 0 Å². The zero-order valence-corrected chi connectivity index (χ0v) is 62.0. The second-order valence-electron chi connectivity index (χ2n) is 27.6. The average Bonchev–Trinajstić information content (AvgIpc) is 1.77. The molecule has 612 valence electrons. The SMILES string of the molecule is O=C(O)CN1CCN(CC(=O)O)CCN(CC(=O)NCc2cn(Cc3cc(Cn4cc(CNC(=O)CN5CCN(CC(=O)O)CCN(CC(=O)O)CCN(CC(=O)O)CC5)nn4)cc(Cn4cc(CNC(=O)CN5CCN(CC(=O)O)CCN(CC(=O)O)CCN(CC(=O)O)CC5)nn4)c3)nn2)CCN(CC(=O)O)CC1. The highest BCUT2D eigenvalue weighted by atomic mass is 16.4. The molecule has 3 amide bonds. The fourth-order valence-corrected chi connectivity index (χ4v) is 12.9. The van der Waals surface area contributed by atoms with Crippen LogP contribution in [0, 0.1) is 0 Å². The normalized spacial score (nSPS) is 17.8. The third kappa shape index (κ3) is 35.6. The van der Waals surface area contributed by atoms with Crippen molar-refractivity contribution in [1.82, 2.24) is 120 Å². The first kappa shape index (κ1) is 88.0. The van der Waals surface area contributed by atoms with Crippen molar-refractivity contribution in [2.45, 2.75) is 39.3 Å². The number of carboxylic acids is 9. The summed E-state index contributed by atoms with van der Waals surface area (Å²) < 4.78 is 4.71. The van der Waals surface area contributed by atoms with Crippen LogP contribution in [0.25, 0.3) is 0 Å². The van der Waals surface area contributed by atoms with Crippen LogP contribution in [-0.4, -0.2) is 457 Å². The summed E-state index contributed by atoms with van der Waals surface area (Å²) in [6, 6.07) is 5.74. The van der Waals surface area contributed by atoms with Crippen LogP contribution < -0.4 is 16.0 Å². The molecule has 0 atom stereocenters. The molecule has 7 rings (SSSR count). The number of carbonyl (C=O) groups excluding carboxylic acids is 3. The van der Waals surface area contributed by atoms with Crippen LogP contribution in [0.4, 0.5) is 0 Å². The van der Waals surface area contributed by atoms with E-state index in [1.807, 2.05) is 18.2 Å². The van der Waals surface area contributed by atoms with Gasteiger partial charge in [0.25, 0.3) is 0 Å². The molecule has 3 fully saturated rings. The van der Waals surface area contributed by atoms with Gasteiger partial charge in [0, 0.05) is 157 Å². The molecule has 0 bridgehead atoms. The fraction of sp³-hybridized carbons (Fsp3) is 0.636. The quantitative estimate of drug-likeness (QED) is 0.0201. The lowest BCUT2D eigenvalue weighted by atomic mass is 10.1. The van der Waals surface area contributed by atoms with Crippen LogP contribution in [0.1, 0.15) is 33.8 Å². The Labute approximate surface area is 638 Å². The summed E-state index contributed by atoms with van der Waals surface area (Å²) in [6.07, 6.45) is 4.96. The van der Waals surface area contributed by atoms with E-state index >= 15 is 0 Å². The Balaban J connectivity index is 1.04. The number of aromatic nitrogens is 9. The van der Waals surface area contributed by atoms with Gasteiger partial charge in [0.1, 0.15) is 17.1 Å². The van der Waals surface area contributed by atoms with E-state index in [0.717, 1.165) is 16.7 Å². The van der Waals surface area contributed by atoms with Gasteiger partial charge in [-0.25, -0.2) is 14.0 Å². The molecule has 45 heteroatoms. The zero-order chi connectivity index (χ0) is 80.4. The van der Waals surface area contributed by atoms with Crippen molar-refractivity contribution in [1.29, 1.82) is 0 Å². The molecule has 3 saturated heterocycles. The zero-order valence-electron chi connectivity index (χ0n) is 62.0. The second-order valence-corrected chi connectivity index (χ2v) is 27.6. The highest BCUT2D eigenvalue weighted by Gasteiger charge is 2.27. The molecule has 0 spiro atoms. The molecule has 6 heterocycles. The number of carbonyl (C=O) groups is 12. The minimum atomic E-state index is -1.09. The first-order valence-corrected chi connectivity index (χ1v) is 36.2. The molecule has 0 saturated carbocycles. The number of rotatable bonds is 36. The molecule has 0 aliphatic carbocycles. The topological polar surface area (TPSA) is 554 Å². The first-order chi connectivity index (χ1) is 53.0. The van der Waals surface area contributed by atoms with Crippen LogP contribution in [-0.2, 0) is 96.8 Å². The molecule has 45 nitrogen and oxygen atoms in total. The van der Waals surface area contributed by atoms with Crippen molar-refractivity contribution in [3.05, 3.63) is 70.6 Å². The van der Waals surface area contributed by atoms with Crippen molar-refractivity contribution < 1.29 is 103 Å². The van der Waals surface area contributed by atoms with Crippen molar-refractivity contribution in [3.8, 4) is 0 Å². The highest BCUT2D eigenvalue weighted by Crippen LogP contribution is 2.16. The molecule has 1 aromatic carbocycles. The smallest absolute Gasteiger partial charge is 0.317 e. The molecule has 3 aromatic heterocycles. The predicted molar refractivity (Wildman–Crippen MR) is 385 cm³/mol. The molecular formula is C66H102N24O21. The highest BCUT2D eigenvalue weighted by molar-refractivity contribution is 5.79. The monoisotopic (exact) mass is 1570 g/mol. The van der Waals surface area contributed by atoms with Gasteiger partial charge in [-0.2, -0.15) is 0 Å². The summed E-state index contributed by atoms with van der Waals surface area (Å²) in [6.45, 7) is 2.26. The lowest BCUT2D eigenvalue weighted by molar-refractivity contribution is -0.140. The Morgan fingerprint density at radius 2 is 0.387 bits per heavy atom. The predicted octanol–water partition coefficient (Wildman–Crippen LogP) is -8.12. The number of hydrogen-bond donors (Lipinski definition) is 12. The molecule has 12 N–H and O–H groups in total. The second kappa shape index (κ2) is 45.8. The Hall–Kier alpha value is -10.2. The van der Waals surface area contributed by atoms with Crippen LogP contribution in [0.3, 0.4) is 0 Å². The number of nitrogens with one attached hydrogen (secondary N) is 3. The maximum Gasteiger partial charge on any atom is 0.317 e. The molecule has 0 radical (unpaired) electrons. The number of amides is 3. The van der Waals surface area contributed by atoms with E-state index in [1.54, 1.807) is 91.4 Å². The summed E-state index contributed by atoms with van der Waals surface area (Å²) in [5.41, 5.74) is 3.40. The Kier molecular flexibility index (Phi) is 36.3. The molecule has 111 heavy (non-hydrogen) atoms. The third-order valence-corrected chi connectivity index (χ3v) is 18.4. The lowest BCUT2D eigenvalue weighted by Gasteiger charge is -2.32. The number of nitrogens with zero attached hydrogens (tertiary/aromatic N) is 21. The van der Waals surface area contributed by atoms with Gasteiger partial charge in [0.15, 0.2) is 0 Å². The minimum Gasteiger partial charge on any atom is -0.480 e. The maximum absolute atomic E-state index is 13.6. The molecule has 4 aromatic rings. The molecule has 0 unspecified atom stereocenters. The van der Waals surface area contributed by atoms with Crippen LogP contribution in [0.5, 0.6) is 0 Å². The van der Waals surface area contributed by atoms with Gasteiger partial charge in [-0.15, -0.1) is 15.3 Å². The van der Waals surface area contributed by atoms with E-state index in [4.69, 9.17) is 0 Å². The number of benzene rings is 1. The van der Waals surface area contributed by atoms with E-state index < -0.39 is 71.4 Å². The summed E-state index contributed by atoms with van der Waals surface area (Å²) in [4.78, 5) is 167. The molecule has 3 aliphatic heterocycles. The van der Waals surface area contributed by atoms with E-state index in [9.17, 15) is 103 Å². The Morgan fingerprint density at radius 3 is 0.532 bits per heavy atom. The van der Waals surface area contributed by atoms with E-state index in [1.165, 1.54) is 0 Å². The summed E-state index contributed by atoms with van der Waals surface area (Å²) in [5.74, 6) is -11.0. The van der Waals surface area contributed by atoms with Gasteiger partial charge < -0.3 is 61.9 Å². The van der Waals surface area contributed by atoms with E-state index in [0.29, 0.717) is 17.1 Å².